The molecule has 0 amide bonds. The van der Waals surface area contributed by atoms with E-state index in [4.69, 9.17) is 9.26 Å². The molecule has 1 N–H and O–H groups in total. The Hall–Kier alpha value is -2.80. The van der Waals surface area contributed by atoms with Crippen LogP contribution in [0.5, 0.6) is 5.75 Å². The Labute approximate surface area is 152 Å². The number of hydrogen-bond acceptors (Lipinski definition) is 5. The fourth-order valence-corrected chi connectivity index (χ4v) is 3.86. The van der Waals surface area contributed by atoms with Crippen molar-refractivity contribution < 1.29 is 17.7 Å². The summed E-state index contributed by atoms with van der Waals surface area (Å²) in [6.45, 7) is 5.58. The van der Waals surface area contributed by atoms with Crippen LogP contribution in [0.1, 0.15) is 16.8 Å². The van der Waals surface area contributed by atoms with Gasteiger partial charge in [0.1, 0.15) is 10.6 Å². The van der Waals surface area contributed by atoms with E-state index in [1.54, 1.807) is 24.3 Å². The number of aryl methyl sites for hydroxylation is 3. The number of nitrogens with zero attached hydrogens (tertiary/aromatic N) is 1. The number of nitrogens with one attached hydrogen (secondary N) is 1. The molecule has 0 aliphatic heterocycles. The Bertz CT molecular complexity index is 1060. The van der Waals surface area contributed by atoms with E-state index in [0.29, 0.717) is 17.0 Å². The quantitative estimate of drug-likeness (QED) is 0.730. The van der Waals surface area contributed by atoms with Crippen LogP contribution in [0.3, 0.4) is 0 Å². The van der Waals surface area contributed by atoms with E-state index in [9.17, 15) is 8.42 Å². The predicted molar refractivity (Wildman–Crippen MR) is 100.0 cm³/mol. The zero-order chi connectivity index (χ0) is 18.9. The number of benzene rings is 2. The molecule has 0 unspecified atom stereocenters. The Balaban J connectivity index is 2.00. The molecule has 26 heavy (non-hydrogen) atoms. The average molecular weight is 372 g/mol. The Morgan fingerprint density at radius 2 is 1.81 bits per heavy atom. The number of rotatable bonds is 5. The second-order valence-electron chi connectivity index (χ2n) is 6.12. The molecule has 3 rings (SSSR count). The molecular formula is C19H20N2O4S. The van der Waals surface area contributed by atoms with Gasteiger partial charge >= 0.3 is 0 Å². The summed E-state index contributed by atoms with van der Waals surface area (Å²) in [5.41, 5.74) is 3.78. The van der Waals surface area contributed by atoms with Crippen LogP contribution >= 0.6 is 0 Å². The minimum absolute atomic E-state index is 0.0564. The number of methoxy groups -OCH3 is 1. The molecule has 1 aromatic heterocycles. The first-order valence-corrected chi connectivity index (χ1v) is 9.50. The van der Waals surface area contributed by atoms with Gasteiger partial charge in [-0.2, -0.15) is 0 Å². The van der Waals surface area contributed by atoms with E-state index in [-0.39, 0.29) is 10.6 Å². The fraction of sp³-hybridized carbons (Fsp3) is 0.211. The van der Waals surface area contributed by atoms with Crippen molar-refractivity contribution in [3.8, 4) is 17.1 Å². The predicted octanol–water partition coefficient (Wildman–Crippen LogP) is 4.08. The Morgan fingerprint density at radius 3 is 2.46 bits per heavy atom. The molecule has 0 aliphatic rings. The molecule has 3 aromatic rings. The van der Waals surface area contributed by atoms with Gasteiger partial charge in [0, 0.05) is 11.6 Å². The van der Waals surface area contributed by atoms with Crippen LogP contribution in [-0.2, 0) is 10.0 Å². The number of sulfonamides is 1. The highest BCUT2D eigenvalue weighted by Crippen LogP contribution is 2.32. The highest BCUT2D eigenvalue weighted by atomic mass is 32.2. The summed E-state index contributed by atoms with van der Waals surface area (Å²) in [6, 6.07) is 12.2. The van der Waals surface area contributed by atoms with Crippen molar-refractivity contribution in [2.45, 2.75) is 25.7 Å². The van der Waals surface area contributed by atoms with Crippen LogP contribution < -0.4 is 9.46 Å². The van der Waals surface area contributed by atoms with Gasteiger partial charge in [-0.25, -0.2) is 8.42 Å². The normalized spacial score (nSPS) is 11.4. The van der Waals surface area contributed by atoms with Crippen molar-refractivity contribution in [1.29, 1.82) is 0 Å². The molecule has 0 fully saturated rings. The molecule has 136 valence electrons. The van der Waals surface area contributed by atoms with E-state index in [1.807, 2.05) is 32.9 Å². The molecular weight excluding hydrogens is 352 g/mol. The molecule has 0 saturated heterocycles. The van der Waals surface area contributed by atoms with E-state index in [1.165, 1.54) is 13.2 Å². The highest BCUT2D eigenvalue weighted by molar-refractivity contribution is 7.92. The maximum Gasteiger partial charge on any atom is 0.265 e. The molecule has 0 bridgehead atoms. The topological polar surface area (TPSA) is 81.4 Å². The lowest BCUT2D eigenvalue weighted by atomic mass is 10.1. The zero-order valence-corrected chi connectivity index (χ0v) is 15.8. The molecule has 0 atom stereocenters. The summed E-state index contributed by atoms with van der Waals surface area (Å²) >= 11 is 0. The van der Waals surface area contributed by atoms with Gasteiger partial charge in [-0.15, -0.1) is 0 Å². The smallest absolute Gasteiger partial charge is 0.265 e. The van der Waals surface area contributed by atoms with E-state index in [2.05, 4.69) is 9.88 Å². The molecule has 0 radical (unpaired) electrons. The van der Waals surface area contributed by atoms with E-state index >= 15 is 0 Å². The summed E-state index contributed by atoms with van der Waals surface area (Å²) < 4.78 is 38.9. The van der Waals surface area contributed by atoms with Crippen molar-refractivity contribution in [2.24, 2.45) is 0 Å². The van der Waals surface area contributed by atoms with Gasteiger partial charge in [0.15, 0.2) is 5.76 Å². The second-order valence-corrected chi connectivity index (χ2v) is 7.77. The summed E-state index contributed by atoms with van der Waals surface area (Å²) in [5.74, 6) is 0.779. The van der Waals surface area contributed by atoms with Gasteiger partial charge in [0.05, 0.1) is 18.5 Å². The monoisotopic (exact) mass is 372 g/mol. The molecule has 2 aromatic carbocycles. The van der Waals surface area contributed by atoms with Crippen molar-refractivity contribution in [1.82, 2.24) is 5.16 Å². The van der Waals surface area contributed by atoms with Gasteiger partial charge in [-0.1, -0.05) is 17.3 Å². The van der Waals surface area contributed by atoms with Crippen LogP contribution in [0.4, 0.5) is 5.69 Å². The Morgan fingerprint density at radius 1 is 1.04 bits per heavy atom. The third-order valence-corrected chi connectivity index (χ3v) is 5.41. The van der Waals surface area contributed by atoms with Crippen LogP contribution in [0.2, 0.25) is 0 Å². The molecule has 0 spiro atoms. The minimum Gasteiger partial charge on any atom is -0.495 e. The molecule has 1 heterocycles. The summed E-state index contributed by atoms with van der Waals surface area (Å²) in [6.07, 6.45) is 0. The third-order valence-electron chi connectivity index (χ3n) is 4.00. The SMILES string of the molecule is COc1cc(-c2cc(C)no2)ccc1S(=O)(=O)Nc1cc(C)ccc1C. The maximum atomic E-state index is 12.9. The third kappa shape index (κ3) is 3.57. The minimum atomic E-state index is -3.81. The van der Waals surface area contributed by atoms with Crippen LogP contribution in [0, 0.1) is 20.8 Å². The van der Waals surface area contributed by atoms with Gasteiger partial charge in [-0.3, -0.25) is 4.72 Å². The average Bonchev–Trinajstić information content (AvgIpc) is 3.04. The molecule has 0 saturated carbocycles. The summed E-state index contributed by atoms with van der Waals surface area (Å²) in [4.78, 5) is 0.0564. The van der Waals surface area contributed by atoms with Crippen LogP contribution in [0.15, 0.2) is 51.9 Å². The van der Waals surface area contributed by atoms with Crippen molar-refractivity contribution in [3.63, 3.8) is 0 Å². The number of ether oxygens (including phenoxy) is 1. The van der Waals surface area contributed by atoms with Crippen LogP contribution in [0.25, 0.3) is 11.3 Å². The zero-order valence-electron chi connectivity index (χ0n) is 15.0. The highest BCUT2D eigenvalue weighted by Gasteiger charge is 2.21. The number of anilines is 1. The number of hydrogen-bond donors (Lipinski definition) is 1. The first-order chi connectivity index (χ1) is 12.3. The second kappa shape index (κ2) is 6.84. The van der Waals surface area contributed by atoms with Crippen molar-refractivity contribution >= 4 is 15.7 Å². The molecule has 0 aliphatic carbocycles. The largest absolute Gasteiger partial charge is 0.495 e. The van der Waals surface area contributed by atoms with E-state index < -0.39 is 10.0 Å². The summed E-state index contributed by atoms with van der Waals surface area (Å²) in [7, 11) is -2.38. The maximum absolute atomic E-state index is 12.9. The van der Waals surface area contributed by atoms with Gasteiger partial charge in [0.25, 0.3) is 10.0 Å². The summed E-state index contributed by atoms with van der Waals surface area (Å²) in [5, 5.41) is 3.85. The molecule has 6 nitrogen and oxygen atoms in total. The van der Waals surface area contributed by atoms with Gasteiger partial charge in [-0.05, 0) is 56.2 Å². The van der Waals surface area contributed by atoms with Gasteiger partial charge in [0.2, 0.25) is 0 Å². The lowest BCUT2D eigenvalue weighted by Crippen LogP contribution is -2.15. The first kappa shape index (κ1) is 18.0. The number of aromatic nitrogens is 1. The first-order valence-electron chi connectivity index (χ1n) is 8.02. The van der Waals surface area contributed by atoms with E-state index in [0.717, 1.165) is 16.8 Å². The standard InChI is InChI=1S/C19H20N2O4S/c1-12-5-6-13(2)16(9-12)21-26(22,23)19-8-7-15(11-18(19)24-4)17-10-14(3)20-25-17/h5-11,21H,1-4H3. The van der Waals surface area contributed by atoms with Crippen LogP contribution in [-0.4, -0.2) is 20.7 Å². The lowest BCUT2D eigenvalue weighted by Gasteiger charge is -2.14. The van der Waals surface area contributed by atoms with Crippen molar-refractivity contribution in [2.75, 3.05) is 11.8 Å². The fourth-order valence-electron chi connectivity index (χ4n) is 2.59. The molecule has 7 heteroatoms. The van der Waals surface area contributed by atoms with Crippen molar-refractivity contribution in [3.05, 3.63) is 59.3 Å². The Kier molecular flexibility index (Phi) is 4.73. The lowest BCUT2D eigenvalue weighted by molar-refractivity contribution is 0.402. The van der Waals surface area contributed by atoms with Gasteiger partial charge < -0.3 is 9.26 Å².